The minimum Gasteiger partial charge on any atom is -0.547 e. The van der Waals surface area contributed by atoms with Gasteiger partial charge in [0.15, 0.2) is 0 Å². The van der Waals surface area contributed by atoms with Crippen molar-refractivity contribution in [2.24, 2.45) is 0 Å². The van der Waals surface area contributed by atoms with Crippen LogP contribution in [0.25, 0.3) is 0 Å². The standard InChI is InChI=1S/C19H22NO4S2.C4H6O5.BrH/c1-20(2)12-9-11(10-13(20)17-16(12)24-17)23-18(21)19(22,14-5-3-7-25-14)15-6-4-8-26-15;5-2(4(8)9)1-3(6)7;/h3-8,11-13,16-17,22H,9-10H2,1-2H3;2,5H,1H2,(H,6,7)(H,8,9);1H/q+1;;/p-1/t11?,12-,13+,16-,17+;;. The normalized spacial score (nSPS) is 27.9. The largest absolute Gasteiger partial charge is 0.547 e. The fraction of sp³-hybridized carbons (Fsp3) is 0.522. The quantitative estimate of drug-likeness (QED) is 0.232. The molecule has 3 saturated heterocycles. The lowest BCUT2D eigenvalue weighted by Crippen LogP contribution is -2.60. The first-order valence-corrected chi connectivity index (χ1v) is 12.8. The molecule has 0 saturated carbocycles. The highest BCUT2D eigenvalue weighted by molar-refractivity contribution is 8.93. The second-order valence-electron chi connectivity index (χ2n) is 9.43. The smallest absolute Gasteiger partial charge is 0.349 e. The highest BCUT2D eigenvalue weighted by atomic mass is 79.9. The highest BCUT2D eigenvalue weighted by Gasteiger charge is 2.71. The van der Waals surface area contributed by atoms with Gasteiger partial charge < -0.3 is 39.2 Å². The summed E-state index contributed by atoms with van der Waals surface area (Å²) in [5, 5.41) is 40.8. The number of epoxide rings is 1. The van der Waals surface area contributed by atoms with Crippen LogP contribution in [-0.4, -0.2) is 88.3 Å². The van der Waals surface area contributed by atoms with Gasteiger partial charge in [-0.3, -0.25) is 4.79 Å². The Hall–Kier alpha value is -1.87. The van der Waals surface area contributed by atoms with E-state index in [2.05, 4.69) is 14.1 Å². The summed E-state index contributed by atoms with van der Waals surface area (Å²) in [7, 11) is 4.49. The zero-order valence-electron chi connectivity index (χ0n) is 19.5. The Morgan fingerprint density at radius 1 is 1.14 bits per heavy atom. The molecule has 3 N–H and O–H groups in total. The van der Waals surface area contributed by atoms with Crippen LogP contribution in [0.3, 0.4) is 0 Å². The Labute approximate surface area is 226 Å². The van der Waals surface area contributed by atoms with Gasteiger partial charge in [0.1, 0.15) is 36.5 Å². The van der Waals surface area contributed by atoms with Crippen LogP contribution in [0.5, 0.6) is 0 Å². The van der Waals surface area contributed by atoms with Gasteiger partial charge in [-0.25, -0.2) is 4.79 Å². The number of nitrogens with zero attached hydrogens (tertiary/aromatic N) is 1. The minimum atomic E-state index is -1.90. The van der Waals surface area contributed by atoms with E-state index in [1.165, 1.54) is 22.7 Å². The average Bonchev–Trinajstić information content (AvgIpc) is 3.13. The third-order valence-corrected chi connectivity index (χ3v) is 8.96. The van der Waals surface area contributed by atoms with Gasteiger partial charge >= 0.3 is 11.9 Å². The molecular weight excluding hydrogens is 578 g/mol. The molecule has 0 spiro atoms. The number of hydrogen-bond donors (Lipinski definition) is 3. The number of ether oxygens (including phenoxy) is 2. The maximum absolute atomic E-state index is 13.1. The fourth-order valence-corrected chi connectivity index (χ4v) is 6.79. The number of fused-ring (bicyclic) bond motifs is 5. The third-order valence-electron chi connectivity index (χ3n) is 7.00. The van der Waals surface area contributed by atoms with Gasteiger partial charge in [-0.15, -0.1) is 39.7 Å². The Balaban J connectivity index is 0.000000313. The van der Waals surface area contributed by atoms with Crippen LogP contribution in [-0.2, 0) is 29.5 Å². The average molecular weight is 607 g/mol. The van der Waals surface area contributed by atoms with Crippen LogP contribution >= 0.6 is 39.7 Å². The Morgan fingerprint density at radius 3 is 2.00 bits per heavy atom. The number of hydrogen-bond acceptors (Lipinski definition) is 10. The molecule has 3 fully saturated rings. The van der Waals surface area contributed by atoms with Crippen molar-refractivity contribution in [1.82, 2.24) is 0 Å². The Morgan fingerprint density at radius 2 is 1.64 bits per heavy atom. The summed E-state index contributed by atoms with van der Waals surface area (Å²) in [6.07, 6.45) is -0.668. The first-order valence-electron chi connectivity index (χ1n) is 11.1. The zero-order chi connectivity index (χ0) is 25.5. The second-order valence-corrected chi connectivity index (χ2v) is 11.3. The molecule has 6 atom stereocenters. The number of rotatable bonds is 7. The number of quaternary nitrogens is 1. The number of likely N-dealkylation sites (N-methyl/N-ethyl adjacent to an activating group) is 1. The molecule has 2 aromatic heterocycles. The van der Waals surface area contributed by atoms with Crippen LogP contribution < -0.4 is 5.11 Å². The van der Waals surface area contributed by atoms with Crippen molar-refractivity contribution >= 4 is 57.6 Å². The predicted molar refractivity (Wildman–Crippen MR) is 133 cm³/mol. The first kappa shape index (κ1) is 28.7. The van der Waals surface area contributed by atoms with Gasteiger partial charge in [-0.05, 0) is 22.9 Å². The van der Waals surface area contributed by atoms with E-state index < -0.39 is 36.0 Å². The van der Waals surface area contributed by atoms with Gasteiger partial charge in [-0.2, -0.15) is 0 Å². The number of halogens is 1. The number of carbonyl (C=O) groups excluding carboxylic acids is 2. The number of thiophene rings is 2. The minimum absolute atomic E-state index is 0. The summed E-state index contributed by atoms with van der Waals surface area (Å²) >= 11 is 2.74. The summed E-state index contributed by atoms with van der Waals surface area (Å²) < 4.78 is 12.6. The van der Waals surface area contributed by atoms with Crippen molar-refractivity contribution in [2.45, 2.75) is 61.4 Å². The maximum atomic E-state index is 13.1. The van der Waals surface area contributed by atoms with Crippen LogP contribution in [0, 0.1) is 0 Å². The van der Waals surface area contributed by atoms with Crippen molar-refractivity contribution in [1.29, 1.82) is 0 Å². The van der Waals surface area contributed by atoms with E-state index >= 15 is 0 Å². The van der Waals surface area contributed by atoms with Gasteiger partial charge in [0.25, 0.3) is 0 Å². The number of morpholine rings is 1. The lowest BCUT2D eigenvalue weighted by Gasteiger charge is -2.45. The summed E-state index contributed by atoms with van der Waals surface area (Å²) in [5.74, 6) is -3.70. The van der Waals surface area contributed by atoms with Crippen molar-refractivity contribution < 1.29 is 48.8 Å². The molecule has 2 unspecified atom stereocenters. The number of aliphatic hydroxyl groups is 2. The Kier molecular flexibility index (Phi) is 8.65. The van der Waals surface area contributed by atoms with Crippen LogP contribution in [0.1, 0.15) is 29.0 Å². The Bertz CT molecular complexity index is 1020. The number of aliphatic hydroxyl groups excluding tert-OH is 1. The fourth-order valence-electron chi connectivity index (χ4n) is 5.08. The summed E-state index contributed by atoms with van der Waals surface area (Å²) in [4.78, 5) is 33.6. The van der Waals surface area contributed by atoms with Gasteiger partial charge in [0, 0.05) is 12.8 Å². The van der Waals surface area contributed by atoms with Crippen molar-refractivity contribution in [3.8, 4) is 0 Å². The molecule has 0 radical (unpaired) electrons. The molecule has 2 bridgehead atoms. The van der Waals surface area contributed by atoms with Crippen LogP contribution in [0.4, 0.5) is 0 Å². The molecule has 0 amide bonds. The summed E-state index contributed by atoms with van der Waals surface area (Å²) in [5.41, 5.74) is -1.72. The summed E-state index contributed by atoms with van der Waals surface area (Å²) in [6.45, 7) is 0. The lowest BCUT2D eigenvalue weighted by atomic mass is 9.95. The van der Waals surface area contributed by atoms with Crippen molar-refractivity contribution in [2.75, 3.05) is 14.1 Å². The number of carbonyl (C=O) groups is 3. The molecule has 5 heterocycles. The first-order chi connectivity index (χ1) is 16.5. The number of carboxylic acid groups (broad SMARTS) is 2. The van der Waals surface area contributed by atoms with Crippen LogP contribution in [0.15, 0.2) is 35.0 Å². The monoisotopic (exact) mass is 605 g/mol. The molecule has 3 aliphatic rings. The van der Waals surface area contributed by atoms with Gasteiger partial charge in [-0.1, -0.05) is 12.1 Å². The zero-order valence-corrected chi connectivity index (χ0v) is 22.9. The highest BCUT2D eigenvalue weighted by Crippen LogP contribution is 2.52. The van der Waals surface area contributed by atoms with Crippen molar-refractivity contribution in [3.63, 3.8) is 0 Å². The molecule has 198 valence electrons. The molecular formula is C23H28BrNO9S2. The molecule has 2 aromatic rings. The van der Waals surface area contributed by atoms with Crippen LogP contribution in [0.2, 0.25) is 0 Å². The molecule has 0 aromatic carbocycles. The topological polar surface area (TPSA) is 157 Å². The number of aliphatic carboxylic acids is 2. The predicted octanol–water partition coefficient (Wildman–Crippen LogP) is 0.496. The summed E-state index contributed by atoms with van der Waals surface area (Å²) in [6, 6.07) is 8.01. The molecule has 5 rings (SSSR count). The van der Waals surface area contributed by atoms with Gasteiger partial charge in [0.05, 0.1) is 36.2 Å². The van der Waals surface area contributed by atoms with E-state index in [0.29, 0.717) is 34.0 Å². The lowest BCUT2D eigenvalue weighted by molar-refractivity contribution is -0.938. The van der Waals surface area contributed by atoms with E-state index in [0.717, 1.165) is 17.3 Å². The molecule has 0 aliphatic carbocycles. The number of piperidine rings is 1. The SMILES string of the molecule is Br.C[N+]1(C)[C@@H]2CC(OC(=O)C(O)(c3cccs3)c3cccs3)C[C@H]1[C@@H]1O[C@@H]12.O=C(O)CC(O)C(=O)[O-]. The van der Waals surface area contributed by atoms with E-state index in [1.807, 2.05) is 22.9 Å². The maximum Gasteiger partial charge on any atom is 0.349 e. The van der Waals surface area contributed by atoms with E-state index in [9.17, 15) is 24.6 Å². The second kappa shape index (κ2) is 10.9. The number of esters is 1. The van der Waals surface area contributed by atoms with E-state index in [1.54, 1.807) is 12.1 Å². The molecule has 36 heavy (non-hydrogen) atoms. The number of carboxylic acids is 2. The molecule has 13 heteroatoms. The molecule has 10 nitrogen and oxygen atoms in total. The molecule has 3 aliphatic heterocycles. The van der Waals surface area contributed by atoms with Crippen molar-refractivity contribution in [3.05, 3.63) is 44.8 Å². The third kappa shape index (κ3) is 5.37. The van der Waals surface area contributed by atoms with E-state index in [4.69, 9.17) is 19.7 Å². The van der Waals surface area contributed by atoms with E-state index in [-0.39, 0.29) is 23.1 Å². The van der Waals surface area contributed by atoms with Gasteiger partial charge in [0.2, 0.25) is 5.60 Å².